The highest BCUT2D eigenvalue weighted by Crippen LogP contribution is 2.34. The molecule has 2 rings (SSSR count). The number of halogens is 3. The molecule has 1 aromatic carbocycles. The second kappa shape index (κ2) is 4.91. The molecule has 0 fully saturated rings. The Hall–Kier alpha value is -1.66. The van der Waals surface area contributed by atoms with Crippen molar-refractivity contribution in [1.82, 2.24) is 10.5 Å². The van der Waals surface area contributed by atoms with E-state index in [1.165, 1.54) is 19.4 Å². The summed E-state index contributed by atoms with van der Waals surface area (Å²) >= 11 is 0. The minimum absolute atomic E-state index is 0.152. The average Bonchev–Trinajstić information content (AvgIpc) is 2.34. The Morgan fingerprint density at radius 3 is 2.72 bits per heavy atom. The van der Waals surface area contributed by atoms with E-state index in [9.17, 15) is 13.2 Å². The molecule has 0 spiro atoms. The van der Waals surface area contributed by atoms with Gasteiger partial charge in [-0.2, -0.15) is 18.7 Å². The summed E-state index contributed by atoms with van der Waals surface area (Å²) in [6.07, 6.45) is -2.13. The maximum Gasteiger partial charge on any atom is 0.418 e. The van der Waals surface area contributed by atoms with Crippen molar-refractivity contribution in [3.63, 3.8) is 0 Å². The fraction of sp³-hybridized carbons (Fsp3) is 0.250. The molecule has 6 heteroatoms. The predicted molar refractivity (Wildman–Crippen MR) is 60.6 cm³/mol. The van der Waals surface area contributed by atoms with Gasteiger partial charge in [0.2, 0.25) is 0 Å². The predicted octanol–water partition coefficient (Wildman–Crippen LogP) is 2.90. The Labute approximate surface area is 102 Å². The molecule has 0 atom stereocenters. The fourth-order valence-electron chi connectivity index (χ4n) is 1.72. The molecule has 3 nitrogen and oxygen atoms in total. The zero-order chi connectivity index (χ0) is 13.2. The van der Waals surface area contributed by atoms with Crippen molar-refractivity contribution in [1.29, 1.82) is 0 Å². The van der Waals surface area contributed by atoms with Crippen LogP contribution in [-0.2, 0) is 17.6 Å². The summed E-state index contributed by atoms with van der Waals surface area (Å²) in [6, 6.07) is 4.74. The fourth-order valence-corrected chi connectivity index (χ4v) is 1.72. The molecule has 0 aliphatic carbocycles. The number of aromatic nitrogens is 1. The zero-order valence-corrected chi connectivity index (χ0v) is 9.58. The SMILES string of the molecule is CONCc1ccc2c(C(F)(F)F)cncc2c1. The number of nitrogens with one attached hydrogen (secondary N) is 1. The van der Waals surface area contributed by atoms with E-state index in [0.29, 0.717) is 11.9 Å². The van der Waals surface area contributed by atoms with Gasteiger partial charge in [-0.25, -0.2) is 0 Å². The lowest BCUT2D eigenvalue weighted by molar-refractivity contribution is -0.136. The van der Waals surface area contributed by atoms with Crippen LogP contribution >= 0.6 is 0 Å². The molecule has 0 unspecified atom stereocenters. The van der Waals surface area contributed by atoms with Gasteiger partial charge in [0.1, 0.15) is 0 Å². The molecule has 96 valence electrons. The van der Waals surface area contributed by atoms with Gasteiger partial charge >= 0.3 is 6.18 Å². The van der Waals surface area contributed by atoms with Crippen molar-refractivity contribution < 1.29 is 18.0 Å². The number of pyridine rings is 1. The highest BCUT2D eigenvalue weighted by Gasteiger charge is 2.32. The molecule has 0 saturated carbocycles. The van der Waals surface area contributed by atoms with Crippen LogP contribution in [0.3, 0.4) is 0 Å². The number of nitrogens with zero attached hydrogens (tertiary/aromatic N) is 1. The third-order valence-corrected chi connectivity index (χ3v) is 2.55. The minimum Gasteiger partial charge on any atom is -0.305 e. The lowest BCUT2D eigenvalue weighted by Crippen LogP contribution is -2.11. The van der Waals surface area contributed by atoms with Crippen molar-refractivity contribution in [2.24, 2.45) is 0 Å². The Morgan fingerprint density at radius 1 is 1.28 bits per heavy atom. The summed E-state index contributed by atoms with van der Waals surface area (Å²) in [6.45, 7) is 0.419. The number of benzene rings is 1. The first kappa shape index (κ1) is 12.8. The number of fused-ring (bicyclic) bond motifs is 1. The Kier molecular flexibility index (Phi) is 3.49. The second-order valence-corrected chi connectivity index (χ2v) is 3.77. The van der Waals surface area contributed by atoms with Crippen LogP contribution in [0.15, 0.2) is 30.6 Å². The van der Waals surface area contributed by atoms with Gasteiger partial charge in [-0.15, -0.1) is 0 Å². The Balaban J connectivity index is 2.47. The van der Waals surface area contributed by atoms with Crippen molar-refractivity contribution in [2.45, 2.75) is 12.7 Å². The lowest BCUT2D eigenvalue weighted by atomic mass is 10.0. The molecular weight excluding hydrogens is 245 g/mol. The number of hydroxylamine groups is 1. The number of rotatable bonds is 3. The van der Waals surface area contributed by atoms with Gasteiger partial charge in [0.15, 0.2) is 0 Å². The van der Waals surface area contributed by atoms with Gasteiger partial charge < -0.3 is 4.84 Å². The van der Waals surface area contributed by atoms with E-state index >= 15 is 0 Å². The normalized spacial score (nSPS) is 12.0. The molecule has 0 saturated heterocycles. The van der Waals surface area contributed by atoms with Crippen LogP contribution in [0.2, 0.25) is 0 Å². The highest BCUT2D eigenvalue weighted by atomic mass is 19.4. The first-order valence-electron chi connectivity index (χ1n) is 5.22. The third-order valence-electron chi connectivity index (χ3n) is 2.55. The first-order chi connectivity index (χ1) is 8.52. The number of hydrogen-bond donors (Lipinski definition) is 1. The van der Waals surface area contributed by atoms with E-state index in [0.717, 1.165) is 11.8 Å². The van der Waals surface area contributed by atoms with Crippen LogP contribution in [0.4, 0.5) is 13.2 Å². The van der Waals surface area contributed by atoms with Crippen LogP contribution in [0, 0.1) is 0 Å². The van der Waals surface area contributed by atoms with E-state index in [1.54, 1.807) is 12.1 Å². The molecule has 1 aromatic heterocycles. The quantitative estimate of drug-likeness (QED) is 0.857. The molecule has 0 amide bonds. The maximum atomic E-state index is 12.7. The van der Waals surface area contributed by atoms with Crippen LogP contribution in [0.25, 0.3) is 10.8 Å². The summed E-state index contributed by atoms with van der Waals surface area (Å²) in [4.78, 5) is 8.32. The van der Waals surface area contributed by atoms with Gasteiger partial charge in [0.25, 0.3) is 0 Å². The summed E-state index contributed by atoms with van der Waals surface area (Å²) in [7, 11) is 1.48. The van der Waals surface area contributed by atoms with Crippen molar-refractivity contribution in [3.05, 3.63) is 41.7 Å². The molecule has 0 aliphatic rings. The third kappa shape index (κ3) is 2.60. The molecule has 18 heavy (non-hydrogen) atoms. The summed E-state index contributed by atoms with van der Waals surface area (Å²) < 4.78 is 38.2. The standard InChI is InChI=1S/C12H11F3N2O/c1-18-17-5-8-2-3-10-9(4-8)6-16-7-11(10)12(13,14)15/h2-4,6-7,17H,5H2,1H3. The van der Waals surface area contributed by atoms with E-state index in [4.69, 9.17) is 4.84 Å². The van der Waals surface area contributed by atoms with Crippen LogP contribution in [-0.4, -0.2) is 12.1 Å². The van der Waals surface area contributed by atoms with E-state index in [2.05, 4.69) is 10.5 Å². The van der Waals surface area contributed by atoms with Crippen LogP contribution in [0.1, 0.15) is 11.1 Å². The minimum atomic E-state index is -4.39. The molecule has 0 aliphatic heterocycles. The maximum absolute atomic E-state index is 12.7. The highest BCUT2D eigenvalue weighted by molar-refractivity contribution is 5.85. The van der Waals surface area contributed by atoms with Crippen LogP contribution in [0.5, 0.6) is 0 Å². The summed E-state index contributed by atoms with van der Waals surface area (Å²) in [5.74, 6) is 0. The van der Waals surface area contributed by atoms with Crippen LogP contribution < -0.4 is 5.48 Å². The summed E-state index contributed by atoms with van der Waals surface area (Å²) in [5, 5.41) is 0.610. The van der Waals surface area contributed by atoms with Gasteiger partial charge in [0, 0.05) is 24.3 Å². The van der Waals surface area contributed by atoms with Crippen molar-refractivity contribution >= 4 is 10.8 Å². The van der Waals surface area contributed by atoms with E-state index in [-0.39, 0.29) is 5.39 Å². The molecule has 1 N–H and O–H groups in total. The monoisotopic (exact) mass is 256 g/mol. The van der Waals surface area contributed by atoms with Crippen molar-refractivity contribution in [2.75, 3.05) is 7.11 Å². The largest absolute Gasteiger partial charge is 0.418 e. The van der Waals surface area contributed by atoms with Gasteiger partial charge in [-0.3, -0.25) is 4.98 Å². The molecule has 1 heterocycles. The van der Waals surface area contributed by atoms with E-state index in [1.807, 2.05) is 0 Å². The van der Waals surface area contributed by atoms with Gasteiger partial charge in [0.05, 0.1) is 12.7 Å². The smallest absolute Gasteiger partial charge is 0.305 e. The van der Waals surface area contributed by atoms with Gasteiger partial charge in [-0.05, 0) is 17.0 Å². The summed E-state index contributed by atoms with van der Waals surface area (Å²) in [5.41, 5.74) is 2.74. The molecule has 0 bridgehead atoms. The Bertz CT molecular complexity index is 555. The first-order valence-corrected chi connectivity index (χ1v) is 5.22. The topological polar surface area (TPSA) is 34.1 Å². The molecule has 2 aromatic rings. The molecular formula is C12H11F3N2O. The lowest BCUT2D eigenvalue weighted by Gasteiger charge is -2.10. The number of alkyl halides is 3. The van der Waals surface area contributed by atoms with E-state index < -0.39 is 11.7 Å². The molecule has 0 radical (unpaired) electrons. The average molecular weight is 256 g/mol. The number of hydrogen-bond acceptors (Lipinski definition) is 3. The Morgan fingerprint density at radius 2 is 2.06 bits per heavy atom. The van der Waals surface area contributed by atoms with Gasteiger partial charge in [-0.1, -0.05) is 12.1 Å². The van der Waals surface area contributed by atoms with Crippen molar-refractivity contribution in [3.8, 4) is 0 Å². The zero-order valence-electron chi connectivity index (χ0n) is 9.58. The second-order valence-electron chi connectivity index (χ2n) is 3.77.